The Balaban J connectivity index is 2.20. The Kier molecular flexibility index (Phi) is 3.85. The summed E-state index contributed by atoms with van der Waals surface area (Å²) in [6.45, 7) is 2.03. The van der Waals surface area contributed by atoms with Crippen LogP contribution in [0.3, 0.4) is 0 Å². The van der Waals surface area contributed by atoms with Gasteiger partial charge in [0.05, 0.1) is 0 Å². The molecule has 3 heteroatoms. The van der Waals surface area contributed by atoms with Gasteiger partial charge in [-0.3, -0.25) is 4.79 Å². The van der Waals surface area contributed by atoms with Gasteiger partial charge in [0.25, 0.3) is 5.91 Å². The number of nitrogens with zero attached hydrogens (tertiary/aromatic N) is 1. The quantitative estimate of drug-likeness (QED) is 0.911. The molecule has 0 unspecified atom stereocenters. The summed E-state index contributed by atoms with van der Waals surface area (Å²) in [4.78, 5) is 14.0. The van der Waals surface area contributed by atoms with Crippen LogP contribution in [0.5, 0.6) is 0 Å². The third-order valence-corrected chi connectivity index (χ3v) is 3.15. The van der Waals surface area contributed by atoms with Gasteiger partial charge in [0.15, 0.2) is 0 Å². The molecule has 2 aromatic rings. The molecule has 19 heavy (non-hydrogen) atoms. The smallest absolute Gasteiger partial charge is 0.258 e. The van der Waals surface area contributed by atoms with E-state index < -0.39 is 0 Å². The van der Waals surface area contributed by atoms with Gasteiger partial charge in [-0.15, -0.1) is 0 Å². The molecule has 0 heterocycles. The summed E-state index contributed by atoms with van der Waals surface area (Å²) in [7, 11) is 3.65. The predicted octanol–water partition coefficient (Wildman–Crippen LogP) is 3.31. The van der Waals surface area contributed by atoms with Gasteiger partial charge in [0, 0.05) is 31.0 Å². The van der Waals surface area contributed by atoms with E-state index in [1.165, 1.54) is 5.56 Å². The van der Waals surface area contributed by atoms with E-state index in [0.717, 1.165) is 11.4 Å². The first-order valence-corrected chi connectivity index (χ1v) is 6.24. The molecule has 0 bridgehead atoms. The highest BCUT2D eigenvalue weighted by Crippen LogP contribution is 2.17. The summed E-state index contributed by atoms with van der Waals surface area (Å²) in [6.07, 6.45) is 0. The van der Waals surface area contributed by atoms with Gasteiger partial charge in [-0.2, -0.15) is 0 Å². The van der Waals surface area contributed by atoms with Crippen molar-refractivity contribution in [3.63, 3.8) is 0 Å². The number of amides is 1. The summed E-state index contributed by atoms with van der Waals surface area (Å²) in [5, 5.41) is 3.04. The lowest BCUT2D eigenvalue weighted by atomic mass is 10.1. The highest BCUT2D eigenvalue weighted by Gasteiger charge is 2.12. The maximum absolute atomic E-state index is 12.3. The van der Waals surface area contributed by atoms with Gasteiger partial charge in [0.2, 0.25) is 0 Å². The molecule has 0 fully saturated rings. The number of hydrogen-bond donors (Lipinski definition) is 1. The molecule has 2 aromatic carbocycles. The Bertz CT molecular complexity index is 558. The van der Waals surface area contributed by atoms with Gasteiger partial charge in [0.1, 0.15) is 0 Å². The number of rotatable bonds is 3. The van der Waals surface area contributed by atoms with Crippen molar-refractivity contribution in [1.82, 2.24) is 0 Å². The molecule has 0 aromatic heterocycles. The predicted molar refractivity (Wildman–Crippen MR) is 79.9 cm³/mol. The van der Waals surface area contributed by atoms with Gasteiger partial charge >= 0.3 is 0 Å². The molecule has 98 valence electrons. The second-order valence-corrected chi connectivity index (χ2v) is 4.53. The zero-order chi connectivity index (χ0) is 13.8. The largest absolute Gasteiger partial charge is 0.388 e. The first-order chi connectivity index (χ1) is 9.11. The highest BCUT2D eigenvalue weighted by atomic mass is 16.2. The molecule has 2 rings (SSSR count). The Labute approximate surface area is 113 Å². The van der Waals surface area contributed by atoms with Gasteiger partial charge < -0.3 is 10.2 Å². The van der Waals surface area contributed by atoms with Crippen LogP contribution in [0.4, 0.5) is 11.4 Å². The van der Waals surface area contributed by atoms with E-state index in [1.54, 1.807) is 11.9 Å². The van der Waals surface area contributed by atoms with E-state index in [4.69, 9.17) is 0 Å². The van der Waals surface area contributed by atoms with Crippen LogP contribution in [0.1, 0.15) is 15.9 Å². The maximum atomic E-state index is 12.3. The SMILES string of the molecule is CNc1ccc(C(=O)N(C)c2ccc(C)cc2)cc1. The molecule has 0 saturated heterocycles. The summed E-state index contributed by atoms with van der Waals surface area (Å²) in [5.41, 5.74) is 3.76. The van der Waals surface area contributed by atoms with Crippen LogP contribution < -0.4 is 10.2 Å². The number of benzene rings is 2. The van der Waals surface area contributed by atoms with Crippen molar-refractivity contribution >= 4 is 17.3 Å². The Morgan fingerprint density at radius 3 is 2.11 bits per heavy atom. The molecular formula is C16H18N2O. The van der Waals surface area contributed by atoms with Crippen molar-refractivity contribution in [1.29, 1.82) is 0 Å². The fourth-order valence-electron chi connectivity index (χ4n) is 1.86. The van der Waals surface area contributed by atoms with Crippen molar-refractivity contribution < 1.29 is 4.79 Å². The van der Waals surface area contributed by atoms with Crippen LogP contribution >= 0.6 is 0 Å². The fourth-order valence-corrected chi connectivity index (χ4v) is 1.86. The molecule has 0 aliphatic rings. The van der Waals surface area contributed by atoms with Crippen LogP contribution in [0.2, 0.25) is 0 Å². The van der Waals surface area contributed by atoms with Crippen LogP contribution in [0.25, 0.3) is 0 Å². The van der Waals surface area contributed by atoms with Gasteiger partial charge in [-0.25, -0.2) is 0 Å². The first kappa shape index (κ1) is 13.1. The average molecular weight is 254 g/mol. The minimum atomic E-state index is -0.00786. The van der Waals surface area contributed by atoms with E-state index in [1.807, 2.05) is 62.5 Å². The average Bonchev–Trinajstić information content (AvgIpc) is 2.46. The fraction of sp³-hybridized carbons (Fsp3) is 0.188. The molecule has 0 atom stereocenters. The van der Waals surface area contributed by atoms with E-state index in [9.17, 15) is 4.79 Å². The van der Waals surface area contributed by atoms with Crippen molar-refractivity contribution in [2.45, 2.75) is 6.92 Å². The number of aryl methyl sites for hydroxylation is 1. The number of hydrogen-bond acceptors (Lipinski definition) is 2. The molecule has 0 aliphatic carbocycles. The van der Waals surface area contributed by atoms with Crippen molar-refractivity contribution in [2.75, 3.05) is 24.3 Å². The van der Waals surface area contributed by atoms with Gasteiger partial charge in [-0.1, -0.05) is 17.7 Å². The second-order valence-electron chi connectivity index (χ2n) is 4.53. The molecule has 0 spiro atoms. The second kappa shape index (κ2) is 5.57. The van der Waals surface area contributed by atoms with Crippen LogP contribution in [0, 0.1) is 6.92 Å². The number of nitrogens with one attached hydrogen (secondary N) is 1. The van der Waals surface area contributed by atoms with Crippen molar-refractivity contribution in [2.24, 2.45) is 0 Å². The number of anilines is 2. The lowest BCUT2D eigenvalue weighted by Crippen LogP contribution is -2.26. The molecule has 3 nitrogen and oxygen atoms in total. The molecule has 1 N–H and O–H groups in total. The number of carbonyl (C=O) groups is 1. The van der Waals surface area contributed by atoms with Crippen molar-refractivity contribution in [3.05, 3.63) is 59.7 Å². The van der Waals surface area contributed by atoms with Crippen LogP contribution in [-0.2, 0) is 0 Å². The summed E-state index contributed by atoms with van der Waals surface area (Å²) in [5.74, 6) is -0.00786. The Hall–Kier alpha value is -2.29. The molecule has 0 radical (unpaired) electrons. The normalized spacial score (nSPS) is 10.1. The molecule has 0 aliphatic heterocycles. The topological polar surface area (TPSA) is 32.3 Å². The van der Waals surface area contributed by atoms with Crippen molar-refractivity contribution in [3.8, 4) is 0 Å². The summed E-state index contributed by atoms with van der Waals surface area (Å²) in [6, 6.07) is 15.4. The van der Waals surface area contributed by atoms with E-state index in [-0.39, 0.29) is 5.91 Å². The first-order valence-electron chi connectivity index (χ1n) is 6.24. The van der Waals surface area contributed by atoms with E-state index in [0.29, 0.717) is 5.56 Å². The molecular weight excluding hydrogens is 236 g/mol. The lowest BCUT2D eigenvalue weighted by Gasteiger charge is -2.17. The maximum Gasteiger partial charge on any atom is 0.258 e. The highest BCUT2D eigenvalue weighted by molar-refractivity contribution is 6.05. The molecule has 0 saturated carbocycles. The zero-order valence-corrected chi connectivity index (χ0v) is 11.5. The summed E-state index contributed by atoms with van der Waals surface area (Å²) >= 11 is 0. The monoisotopic (exact) mass is 254 g/mol. The Morgan fingerprint density at radius 2 is 1.58 bits per heavy atom. The molecule has 1 amide bonds. The van der Waals surface area contributed by atoms with Crippen LogP contribution in [-0.4, -0.2) is 20.0 Å². The summed E-state index contributed by atoms with van der Waals surface area (Å²) < 4.78 is 0. The third-order valence-electron chi connectivity index (χ3n) is 3.15. The minimum absolute atomic E-state index is 0.00786. The minimum Gasteiger partial charge on any atom is -0.388 e. The number of carbonyl (C=O) groups excluding carboxylic acids is 1. The van der Waals surface area contributed by atoms with E-state index >= 15 is 0 Å². The standard InChI is InChI=1S/C16H18N2O/c1-12-4-10-15(11-5-12)18(3)16(19)13-6-8-14(17-2)9-7-13/h4-11,17H,1-3H3. The Morgan fingerprint density at radius 1 is 1.00 bits per heavy atom. The third kappa shape index (κ3) is 2.94. The van der Waals surface area contributed by atoms with Gasteiger partial charge in [-0.05, 0) is 43.3 Å². The van der Waals surface area contributed by atoms with Crippen LogP contribution in [0.15, 0.2) is 48.5 Å². The zero-order valence-electron chi connectivity index (χ0n) is 11.5. The van der Waals surface area contributed by atoms with E-state index in [2.05, 4.69) is 5.32 Å². The lowest BCUT2D eigenvalue weighted by molar-refractivity contribution is 0.0993.